The fourth-order valence-electron chi connectivity index (χ4n) is 3.14. The molecule has 0 aliphatic heterocycles. The number of hydrogen-bond acceptors (Lipinski definition) is 6. The SMILES string of the molecule is CC[C@H](Oc1ccc(C)cc1)C(=O)Nc1ccc(S(=O)(=O)Nc2cc(OC)ccc2OC)cc1. The van der Waals surface area contributed by atoms with Gasteiger partial charge in [-0.25, -0.2) is 8.42 Å². The van der Waals surface area contributed by atoms with Gasteiger partial charge in [0.1, 0.15) is 17.2 Å². The zero-order valence-corrected chi connectivity index (χ0v) is 20.3. The van der Waals surface area contributed by atoms with Crippen molar-refractivity contribution in [1.82, 2.24) is 0 Å². The predicted molar refractivity (Wildman–Crippen MR) is 131 cm³/mol. The van der Waals surface area contributed by atoms with Crippen LogP contribution in [0.25, 0.3) is 0 Å². The Kier molecular flexibility index (Phi) is 8.01. The van der Waals surface area contributed by atoms with Crippen LogP contribution in [0.4, 0.5) is 11.4 Å². The van der Waals surface area contributed by atoms with Crippen LogP contribution in [0, 0.1) is 6.92 Å². The average Bonchev–Trinajstić information content (AvgIpc) is 2.83. The minimum absolute atomic E-state index is 0.0262. The van der Waals surface area contributed by atoms with E-state index in [1.165, 1.54) is 44.6 Å². The molecular weight excluding hydrogens is 456 g/mol. The summed E-state index contributed by atoms with van der Waals surface area (Å²) in [5.41, 5.74) is 1.80. The Morgan fingerprint density at radius 2 is 1.56 bits per heavy atom. The van der Waals surface area contributed by atoms with Crippen LogP contribution in [-0.2, 0) is 14.8 Å². The monoisotopic (exact) mass is 484 g/mol. The zero-order valence-electron chi connectivity index (χ0n) is 19.5. The standard InChI is InChI=1S/C25H28N2O6S/c1-5-23(33-19-10-6-17(2)7-11-19)25(28)26-18-8-13-21(14-9-18)34(29,30)27-22-16-20(31-3)12-15-24(22)32-4/h6-16,23,27H,5H2,1-4H3,(H,26,28)/t23-/m0/s1. The Bertz CT molecular complexity index is 1230. The van der Waals surface area contributed by atoms with Crippen molar-refractivity contribution in [2.45, 2.75) is 31.3 Å². The number of nitrogens with one attached hydrogen (secondary N) is 2. The maximum absolute atomic E-state index is 12.9. The van der Waals surface area contributed by atoms with Crippen LogP contribution in [-0.4, -0.2) is 34.6 Å². The van der Waals surface area contributed by atoms with E-state index in [0.717, 1.165) is 5.56 Å². The lowest BCUT2D eigenvalue weighted by Crippen LogP contribution is -2.32. The number of benzene rings is 3. The summed E-state index contributed by atoms with van der Waals surface area (Å²) in [6.07, 6.45) is -0.216. The number of ether oxygens (including phenoxy) is 3. The third-order valence-electron chi connectivity index (χ3n) is 5.05. The summed E-state index contributed by atoms with van der Waals surface area (Å²) in [6.45, 7) is 3.83. The van der Waals surface area contributed by atoms with E-state index >= 15 is 0 Å². The van der Waals surface area contributed by atoms with Gasteiger partial charge < -0.3 is 19.5 Å². The number of methoxy groups -OCH3 is 2. The highest BCUT2D eigenvalue weighted by Gasteiger charge is 2.20. The van der Waals surface area contributed by atoms with E-state index in [9.17, 15) is 13.2 Å². The number of sulfonamides is 1. The van der Waals surface area contributed by atoms with Crippen molar-refractivity contribution in [2.24, 2.45) is 0 Å². The first-order chi connectivity index (χ1) is 16.2. The number of rotatable bonds is 10. The van der Waals surface area contributed by atoms with Crippen LogP contribution < -0.4 is 24.2 Å². The minimum Gasteiger partial charge on any atom is -0.497 e. The van der Waals surface area contributed by atoms with Crippen LogP contribution in [0.2, 0.25) is 0 Å². The lowest BCUT2D eigenvalue weighted by atomic mass is 10.2. The van der Waals surface area contributed by atoms with Gasteiger partial charge in [0.2, 0.25) is 0 Å². The number of aryl methyl sites for hydroxylation is 1. The second-order valence-corrected chi connectivity index (χ2v) is 9.20. The molecule has 0 heterocycles. The molecule has 0 bridgehead atoms. The van der Waals surface area contributed by atoms with Crippen molar-refractivity contribution in [3.63, 3.8) is 0 Å². The number of amides is 1. The first-order valence-electron chi connectivity index (χ1n) is 10.6. The molecule has 34 heavy (non-hydrogen) atoms. The molecule has 2 N–H and O–H groups in total. The summed E-state index contributed by atoms with van der Waals surface area (Å²) in [4.78, 5) is 12.7. The highest BCUT2D eigenvalue weighted by Crippen LogP contribution is 2.31. The fourth-order valence-corrected chi connectivity index (χ4v) is 4.20. The molecule has 3 rings (SSSR count). The highest BCUT2D eigenvalue weighted by atomic mass is 32.2. The van der Waals surface area contributed by atoms with Gasteiger partial charge in [0, 0.05) is 11.8 Å². The van der Waals surface area contributed by atoms with E-state index in [1.807, 2.05) is 38.1 Å². The second-order valence-electron chi connectivity index (χ2n) is 7.51. The third kappa shape index (κ3) is 6.20. The van der Waals surface area contributed by atoms with Gasteiger partial charge >= 0.3 is 0 Å². The topological polar surface area (TPSA) is 103 Å². The molecule has 0 aromatic heterocycles. The average molecular weight is 485 g/mol. The maximum Gasteiger partial charge on any atom is 0.265 e. The van der Waals surface area contributed by atoms with E-state index in [1.54, 1.807) is 12.1 Å². The highest BCUT2D eigenvalue weighted by molar-refractivity contribution is 7.92. The van der Waals surface area contributed by atoms with Crippen molar-refractivity contribution in [3.05, 3.63) is 72.3 Å². The Morgan fingerprint density at radius 3 is 2.15 bits per heavy atom. The zero-order chi connectivity index (χ0) is 24.7. The first kappa shape index (κ1) is 24.9. The van der Waals surface area contributed by atoms with Gasteiger partial charge in [-0.1, -0.05) is 24.6 Å². The Labute approximate surface area is 199 Å². The summed E-state index contributed by atoms with van der Waals surface area (Å²) in [5, 5.41) is 2.77. The van der Waals surface area contributed by atoms with E-state index in [2.05, 4.69) is 10.0 Å². The van der Waals surface area contributed by atoms with Crippen molar-refractivity contribution >= 4 is 27.3 Å². The van der Waals surface area contributed by atoms with Crippen LogP contribution >= 0.6 is 0 Å². The van der Waals surface area contributed by atoms with Gasteiger partial charge in [0.25, 0.3) is 15.9 Å². The predicted octanol–water partition coefficient (Wildman–Crippen LogP) is 4.61. The van der Waals surface area contributed by atoms with Crippen LogP contribution in [0.5, 0.6) is 17.2 Å². The summed E-state index contributed by atoms with van der Waals surface area (Å²) in [6, 6.07) is 18.1. The molecule has 8 nitrogen and oxygen atoms in total. The summed E-state index contributed by atoms with van der Waals surface area (Å²) in [7, 11) is -0.969. The molecule has 1 amide bonds. The van der Waals surface area contributed by atoms with Gasteiger partial charge in [-0.15, -0.1) is 0 Å². The third-order valence-corrected chi connectivity index (χ3v) is 6.43. The molecule has 0 aliphatic rings. The number of carbonyl (C=O) groups is 1. The summed E-state index contributed by atoms with van der Waals surface area (Å²) < 4.78 is 44.4. The molecule has 0 spiro atoms. The summed E-state index contributed by atoms with van der Waals surface area (Å²) >= 11 is 0. The van der Waals surface area contributed by atoms with Crippen molar-refractivity contribution < 1.29 is 27.4 Å². The normalized spacial score (nSPS) is 11.9. The Balaban J connectivity index is 1.70. The smallest absolute Gasteiger partial charge is 0.265 e. The van der Waals surface area contributed by atoms with Gasteiger partial charge in [-0.05, 0) is 61.9 Å². The number of hydrogen-bond donors (Lipinski definition) is 2. The van der Waals surface area contributed by atoms with Crippen LogP contribution in [0.1, 0.15) is 18.9 Å². The molecule has 0 radical (unpaired) electrons. The number of carbonyl (C=O) groups excluding carboxylic acids is 1. The van der Waals surface area contributed by atoms with E-state index < -0.39 is 16.1 Å². The van der Waals surface area contributed by atoms with Gasteiger partial charge in [0.15, 0.2) is 6.10 Å². The van der Waals surface area contributed by atoms with Crippen molar-refractivity contribution in [1.29, 1.82) is 0 Å². The molecule has 0 saturated heterocycles. The van der Waals surface area contributed by atoms with E-state index in [0.29, 0.717) is 29.4 Å². The molecule has 3 aromatic rings. The van der Waals surface area contributed by atoms with Crippen LogP contribution in [0.15, 0.2) is 71.6 Å². The molecule has 3 aromatic carbocycles. The molecule has 1 atom stereocenters. The lowest BCUT2D eigenvalue weighted by molar-refractivity contribution is -0.122. The quantitative estimate of drug-likeness (QED) is 0.436. The molecular formula is C25H28N2O6S. The fraction of sp³-hybridized carbons (Fsp3) is 0.240. The Hall–Kier alpha value is -3.72. The number of anilines is 2. The largest absolute Gasteiger partial charge is 0.497 e. The first-order valence-corrected chi connectivity index (χ1v) is 12.1. The molecule has 9 heteroatoms. The summed E-state index contributed by atoms with van der Waals surface area (Å²) in [5.74, 6) is 1.12. The second kappa shape index (κ2) is 10.9. The van der Waals surface area contributed by atoms with Crippen molar-refractivity contribution in [3.8, 4) is 17.2 Å². The van der Waals surface area contributed by atoms with E-state index in [4.69, 9.17) is 14.2 Å². The van der Waals surface area contributed by atoms with Gasteiger partial charge in [0.05, 0.1) is 24.8 Å². The Morgan fingerprint density at radius 1 is 0.912 bits per heavy atom. The van der Waals surface area contributed by atoms with Crippen molar-refractivity contribution in [2.75, 3.05) is 24.3 Å². The molecule has 0 unspecified atom stereocenters. The minimum atomic E-state index is -3.90. The molecule has 0 saturated carbocycles. The van der Waals surface area contributed by atoms with Gasteiger partial charge in [-0.3, -0.25) is 9.52 Å². The molecule has 0 fully saturated rings. The van der Waals surface area contributed by atoms with E-state index in [-0.39, 0.29) is 16.5 Å². The van der Waals surface area contributed by atoms with Gasteiger partial charge in [-0.2, -0.15) is 0 Å². The molecule has 0 aliphatic carbocycles. The van der Waals surface area contributed by atoms with Crippen LogP contribution in [0.3, 0.4) is 0 Å². The molecule has 180 valence electrons. The maximum atomic E-state index is 12.9. The lowest BCUT2D eigenvalue weighted by Gasteiger charge is -2.17.